The van der Waals surface area contributed by atoms with Crippen molar-refractivity contribution in [2.75, 3.05) is 13.2 Å². The summed E-state index contributed by atoms with van der Waals surface area (Å²) in [6.45, 7) is 6.51. The van der Waals surface area contributed by atoms with Crippen molar-refractivity contribution >= 4 is 17.9 Å². The van der Waals surface area contributed by atoms with Gasteiger partial charge in [-0.25, -0.2) is 0 Å². The van der Waals surface area contributed by atoms with Gasteiger partial charge in [-0.05, 0) is 109 Å². The van der Waals surface area contributed by atoms with Crippen molar-refractivity contribution in [2.24, 2.45) is 0 Å². The second-order valence-corrected chi connectivity index (χ2v) is 22.4. The Bertz CT molecular complexity index is 1610. The van der Waals surface area contributed by atoms with Gasteiger partial charge in [0.2, 0.25) is 0 Å². The summed E-state index contributed by atoms with van der Waals surface area (Å²) in [5, 5.41) is 0. The van der Waals surface area contributed by atoms with Gasteiger partial charge in [0.1, 0.15) is 13.2 Å². The zero-order chi connectivity index (χ0) is 57.8. The summed E-state index contributed by atoms with van der Waals surface area (Å²) < 4.78 is 16.9. The number of ether oxygens (including phenoxy) is 3. The number of hydrogen-bond donors (Lipinski definition) is 0. The maximum absolute atomic E-state index is 12.9. The molecule has 0 fully saturated rings. The van der Waals surface area contributed by atoms with E-state index in [1.807, 2.05) is 0 Å². The van der Waals surface area contributed by atoms with Gasteiger partial charge in [-0.2, -0.15) is 0 Å². The van der Waals surface area contributed by atoms with Crippen molar-refractivity contribution in [3.05, 3.63) is 109 Å². The molecule has 0 rings (SSSR count). The molecule has 0 aliphatic heterocycles. The maximum atomic E-state index is 12.9. The minimum Gasteiger partial charge on any atom is -0.462 e. The summed E-state index contributed by atoms with van der Waals surface area (Å²) in [4.78, 5) is 38.3. The van der Waals surface area contributed by atoms with Crippen molar-refractivity contribution in [3.8, 4) is 0 Å². The van der Waals surface area contributed by atoms with Gasteiger partial charge in [0.15, 0.2) is 6.10 Å². The minimum atomic E-state index is -0.788. The largest absolute Gasteiger partial charge is 0.462 e. The van der Waals surface area contributed by atoms with E-state index in [1.165, 1.54) is 161 Å². The summed E-state index contributed by atoms with van der Waals surface area (Å²) in [6, 6.07) is 0. The Kier molecular flexibility index (Phi) is 64.3. The van der Waals surface area contributed by atoms with Gasteiger partial charge >= 0.3 is 17.9 Å². The molecular weight excluding hydrogens is 985 g/mol. The molecule has 0 aromatic rings. The number of rotatable bonds is 61. The smallest absolute Gasteiger partial charge is 0.306 e. The fourth-order valence-corrected chi connectivity index (χ4v) is 9.45. The van der Waals surface area contributed by atoms with Crippen molar-refractivity contribution < 1.29 is 28.6 Å². The topological polar surface area (TPSA) is 78.9 Å². The third kappa shape index (κ3) is 64.9. The highest BCUT2D eigenvalue weighted by atomic mass is 16.6. The Morgan fingerprint density at radius 2 is 0.487 bits per heavy atom. The number of esters is 3. The Morgan fingerprint density at radius 3 is 0.762 bits per heavy atom. The number of hydrogen-bond acceptors (Lipinski definition) is 6. The van der Waals surface area contributed by atoms with Crippen LogP contribution in [0.5, 0.6) is 0 Å². The van der Waals surface area contributed by atoms with Gasteiger partial charge < -0.3 is 14.2 Å². The molecule has 0 radical (unpaired) electrons. The van der Waals surface area contributed by atoms with E-state index in [4.69, 9.17) is 14.2 Å². The first-order valence-corrected chi connectivity index (χ1v) is 33.9. The lowest BCUT2D eigenvalue weighted by molar-refractivity contribution is -0.167. The van der Waals surface area contributed by atoms with Crippen LogP contribution in [0.2, 0.25) is 0 Å². The predicted octanol–water partition coefficient (Wildman–Crippen LogP) is 23.4. The SMILES string of the molecule is CC/C=C\C/C=C\C/C=C\C/C=C\C/C=C\C/C=C\CCCCCCCCC(=O)OC(COC(=O)CCCCCCCCCCCC)COC(=O)CCCCCCCCCCCCCC/C=C\C/C=C\C/C=C\CCCCCCC. The van der Waals surface area contributed by atoms with E-state index in [0.717, 1.165) is 122 Å². The molecule has 0 saturated carbocycles. The van der Waals surface area contributed by atoms with Crippen LogP contribution in [-0.4, -0.2) is 37.2 Å². The standard InChI is InChI=1S/C74H126O6/c1-4-7-10-13-16-19-22-24-26-28-30-32-34-36-37-39-40-42-44-46-48-50-52-55-58-61-64-67-73(76)79-70-71(69-78-72(75)66-63-60-57-54-21-18-15-12-9-6-3)80-74(77)68-65-62-59-56-53-51-49-47-45-43-41-38-35-33-31-29-27-25-23-20-17-14-11-8-5-2/h8,11,17,20,22,24-25,27-28,30-31,33-34,36,38,41,45,47,71H,4-7,9-10,12-16,18-19,21,23,26,29,32,35,37,39-40,42-44,46,48-70H2,1-3H3/b11-8-,20-17-,24-22-,27-25-,30-28-,33-31-,36-34-,41-38-,47-45-. The lowest BCUT2D eigenvalue weighted by Crippen LogP contribution is -2.30. The van der Waals surface area contributed by atoms with E-state index in [9.17, 15) is 14.4 Å². The fraction of sp³-hybridized carbons (Fsp3) is 0.716. The van der Waals surface area contributed by atoms with Gasteiger partial charge in [-0.1, -0.05) is 304 Å². The molecule has 0 saturated heterocycles. The molecule has 0 bridgehead atoms. The van der Waals surface area contributed by atoms with E-state index >= 15 is 0 Å². The molecule has 0 spiro atoms. The molecule has 0 aromatic carbocycles. The van der Waals surface area contributed by atoms with Crippen LogP contribution in [0, 0.1) is 0 Å². The summed E-state index contributed by atoms with van der Waals surface area (Å²) in [7, 11) is 0. The van der Waals surface area contributed by atoms with Gasteiger partial charge in [-0.3, -0.25) is 14.4 Å². The molecule has 0 amide bonds. The third-order valence-corrected chi connectivity index (χ3v) is 14.5. The van der Waals surface area contributed by atoms with Crippen LogP contribution in [0.1, 0.15) is 323 Å². The van der Waals surface area contributed by atoms with Crippen molar-refractivity contribution in [1.29, 1.82) is 0 Å². The molecule has 0 N–H and O–H groups in total. The Balaban J connectivity index is 4.27. The van der Waals surface area contributed by atoms with Crippen molar-refractivity contribution in [3.63, 3.8) is 0 Å². The monoisotopic (exact) mass is 1110 g/mol. The van der Waals surface area contributed by atoms with Crippen LogP contribution < -0.4 is 0 Å². The molecule has 0 heterocycles. The van der Waals surface area contributed by atoms with Crippen LogP contribution in [0.25, 0.3) is 0 Å². The highest BCUT2D eigenvalue weighted by molar-refractivity contribution is 5.71. The second-order valence-electron chi connectivity index (χ2n) is 22.4. The van der Waals surface area contributed by atoms with Crippen LogP contribution in [-0.2, 0) is 28.6 Å². The first kappa shape index (κ1) is 76.1. The van der Waals surface area contributed by atoms with Crippen LogP contribution in [0.3, 0.4) is 0 Å². The van der Waals surface area contributed by atoms with Crippen LogP contribution >= 0.6 is 0 Å². The summed E-state index contributed by atoms with van der Waals surface area (Å²) in [6.07, 6.45) is 92.5. The first-order chi connectivity index (χ1) is 39.5. The van der Waals surface area contributed by atoms with E-state index in [2.05, 4.69) is 130 Å². The van der Waals surface area contributed by atoms with Gasteiger partial charge in [0, 0.05) is 19.3 Å². The van der Waals surface area contributed by atoms with E-state index in [-0.39, 0.29) is 31.1 Å². The van der Waals surface area contributed by atoms with Crippen molar-refractivity contribution in [2.45, 2.75) is 329 Å². The lowest BCUT2D eigenvalue weighted by Gasteiger charge is -2.18. The van der Waals surface area contributed by atoms with E-state index < -0.39 is 6.10 Å². The van der Waals surface area contributed by atoms with Gasteiger partial charge in [0.05, 0.1) is 0 Å². The van der Waals surface area contributed by atoms with Crippen LogP contribution in [0.4, 0.5) is 0 Å². The summed E-state index contributed by atoms with van der Waals surface area (Å²) >= 11 is 0. The number of carbonyl (C=O) groups excluding carboxylic acids is 3. The molecule has 0 aromatic heterocycles. The molecule has 1 atom stereocenters. The number of allylic oxidation sites excluding steroid dienone is 18. The average Bonchev–Trinajstić information content (AvgIpc) is 3.46. The maximum Gasteiger partial charge on any atom is 0.306 e. The molecule has 0 aliphatic carbocycles. The molecule has 6 nitrogen and oxygen atoms in total. The van der Waals surface area contributed by atoms with Crippen molar-refractivity contribution in [1.82, 2.24) is 0 Å². The predicted molar refractivity (Wildman–Crippen MR) is 348 cm³/mol. The minimum absolute atomic E-state index is 0.0831. The molecular formula is C74H126O6. The number of unbranched alkanes of at least 4 members (excludes halogenated alkanes) is 32. The van der Waals surface area contributed by atoms with Gasteiger partial charge in [0.25, 0.3) is 0 Å². The third-order valence-electron chi connectivity index (χ3n) is 14.5. The second kappa shape index (κ2) is 67.6. The normalized spacial score (nSPS) is 12.8. The first-order valence-electron chi connectivity index (χ1n) is 33.9. The summed E-state index contributed by atoms with van der Waals surface area (Å²) in [5.74, 6) is -0.892. The molecule has 6 heteroatoms. The number of carbonyl (C=O) groups is 3. The highest BCUT2D eigenvalue weighted by Gasteiger charge is 2.19. The summed E-state index contributed by atoms with van der Waals surface area (Å²) in [5.41, 5.74) is 0. The molecule has 80 heavy (non-hydrogen) atoms. The van der Waals surface area contributed by atoms with E-state index in [1.54, 1.807) is 0 Å². The Morgan fingerprint density at radius 1 is 0.263 bits per heavy atom. The quantitative estimate of drug-likeness (QED) is 0.0261. The zero-order valence-corrected chi connectivity index (χ0v) is 52.6. The van der Waals surface area contributed by atoms with Crippen LogP contribution in [0.15, 0.2) is 109 Å². The highest BCUT2D eigenvalue weighted by Crippen LogP contribution is 2.16. The molecule has 458 valence electrons. The molecule has 1 unspecified atom stereocenters. The zero-order valence-electron chi connectivity index (χ0n) is 52.6. The fourth-order valence-electron chi connectivity index (χ4n) is 9.45. The van der Waals surface area contributed by atoms with E-state index in [0.29, 0.717) is 19.3 Å². The molecule has 0 aliphatic rings. The lowest BCUT2D eigenvalue weighted by atomic mass is 10.0. The Hall–Kier alpha value is -3.93. The Labute approximate surface area is 495 Å². The van der Waals surface area contributed by atoms with Gasteiger partial charge in [-0.15, -0.1) is 0 Å². The average molecular weight is 1110 g/mol.